The number of alkyl carbamates (subject to hydrolysis) is 1. The van der Waals surface area contributed by atoms with Gasteiger partial charge in [-0.2, -0.15) is 0 Å². The number of nitrogens with zero attached hydrogens (tertiary/aromatic N) is 1. The molecule has 1 aliphatic rings. The van der Waals surface area contributed by atoms with Crippen molar-refractivity contribution in [2.24, 2.45) is 5.92 Å². The molecule has 0 saturated carbocycles. The van der Waals surface area contributed by atoms with E-state index >= 15 is 0 Å². The maximum Gasteiger partial charge on any atom is 0.407 e. The number of hydrogen-bond donors (Lipinski definition) is 2. The van der Waals surface area contributed by atoms with Crippen LogP contribution in [0.5, 0.6) is 0 Å². The topological polar surface area (TPSA) is 95.9 Å². The second-order valence-electron chi connectivity index (χ2n) is 5.53. The predicted molar refractivity (Wildman–Crippen MR) is 71.2 cm³/mol. The van der Waals surface area contributed by atoms with Gasteiger partial charge in [-0.1, -0.05) is 13.8 Å². The van der Waals surface area contributed by atoms with Crippen LogP contribution in [0.4, 0.5) is 4.79 Å². The number of hydrogen-bond acceptors (Lipinski definition) is 4. The van der Waals surface area contributed by atoms with Gasteiger partial charge in [0.1, 0.15) is 11.6 Å². The van der Waals surface area contributed by atoms with Gasteiger partial charge in [0, 0.05) is 6.54 Å². The molecule has 0 aromatic heterocycles. The van der Waals surface area contributed by atoms with Gasteiger partial charge >= 0.3 is 12.1 Å². The zero-order valence-corrected chi connectivity index (χ0v) is 12.3. The Morgan fingerprint density at radius 3 is 2.40 bits per heavy atom. The molecule has 1 heterocycles. The van der Waals surface area contributed by atoms with Crippen molar-refractivity contribution in [2.45, 2.75) is 45.2 Å². The highest BCUT2D eigenvalue weighted by Crippen LogP contribution is 2.30. The second-order valence-corrected chi connectivity index (χ2v) is 5.53. The first kappa shape index (κ1) is 16.3. The lowest BCUT2D eigenvalue weighted by molar-refractivity contribution is -0.156. The standard InChI is InChI=1S/C13H22N2O5/c1-8(2)9(14-12(19)20-4)10(16)15-7-5-6-13(15,3)11(17)18/h8-9H,5-7H2,1-4H3,(H,14,19)(H,17,18)/t9-,13-/m0/s1. The third-order valence-corrected chi connectivity index (χ3v) is 3.76. The number of carbonyl (C=O) groups excluding carboxylic acids is 2. The molecule has 1 fully saturated rings. The van der Waals surface area contributed by atoms with Gasteiger partial charge in [-0.3, -0.25) is 4.79 Å². The van der Waals surface area contributed by atoms with E-state index in [0.29, 0.717) is 19.4 Å². The van der Waals surface area contributed by atoms with Crippen LogP contribution in [0.3, 0.4) is 0 Å². The van der Waals surface area contributed by atoms with Crippen molar-refractivity contribution >= 4 is 18.0 Å². The molecule has 20 heavy (non-hydrogen) atoms. The van der Waals surface area contributed by atoms with E-state index in [4.69, 9.17) is 0 Å². The fourth-order valence-electron chi connectivity index (χ4n) is 2.41. The molecule has 0 bridgehead atoms. The van der Waals surface area contributed by atoms with E-state index in [1.54, 1.807) is 13.8 Å². The summed E-state index contributed by atoms with van der Waals surface area (Å²) in [5.74, 6) is -1.57. The van der Waals surface area contributed by atoms with E-state index in [2.05, 4.69) is 10.1 Å². The highest BCUT2D eigenvalue weighted by atomic mass is 16.5. The van der Waals surface area contributed by atoms with Gasteiger partial charge in [0.2, 0.25) is 5.91 Å². The number of carbonyl (C=O) groups is 3. The summed E-state index contributed by atoms with van der Waals surface area (Å²) in [5.41, 5.74) is -1.21. The summed E-state index contributed by atoms with van der Waals surface area (Å²) < 4.78 is 4.51. The minimum atomic E-state index is -1.21. The summed E-state index contributed by atoms with van der Waals surface area (Å²) in [4.78, 5) is 36.6. The van der Waals surface area contributed by atoms with Gasteiger partial charge in [0.25, 0.3) is 0 Å². The first-order chi connectivity index (χ1) is 9.24. The molecular weight excluding hydrogens is 264 g/mol. The molecule has 1 rings (SSSR count). The molecule has 7 nitrogen and oxygen atoms in total. The maximum absolute atomic E-state index is 12.6. The third-order valence-electron chi connectivity index (χ3n) is 3.76. The lowest BCUT2D eigenvalue weighted by Crippen LogP contribution is -2.58. The SMILES string of the molecule is COC(=O)N[C@H](C(=O)N1CCC[C@@]1(C)C(=O)O)C(C)C. The van der Waals surface area contributed by atoms with Crippen LogP contribution in [-0.4, -0.2) is 53.2 Å². The van der Waals surface area contributed by atoms with E-state index in [9.17, 15) is 19.5 Å². The van der Waals surface area contributed by atoms with Crippen molar-refractivity contribution in [1.82, 2.24) is 10.2 Å². The van der Waals surface area contributed by atoms with E-state index < -0.39 is 23.6 Å². The molecule has 7 heteroatoms. The molecule has 114 valence electrons. The third kappa shape index (κ3) is 3.02. The zero-order chi connectivity index (χ0) is 15.5. The molecule has 2 N–H and O–H groups in total. The smallest absolute Gasteiger partial charge is 0.407 e. The molecule has 1 saturated heterocycles. The number of amides is 2. The summed E-state index contributed by atoms with van der Waals surface area (Å²) in [7, 11) is 1.22. The van der Waals surface area contributed by atoms with Crippen LogP contribution in [0.15, 0.2) is 0 Å². The Morgan fingerprint density at radius 1 is 1.35 bits per heavy atom. The molecule has 1 aliphatic heterocycles. The Balaban J connectivity index is 2.95. The van der Waals surface area contributed by atoms with E-state index in [1.807, 2.05) is 0 Å². The summed E-state index contributed by atoms with van der Waals surface area (Å²) in [6.45, 7) is 5.49. The van der Waals surface area contributed by atoms with E-state index in [-0.39, 0.29) is 11.8 Å². The van der Waals surface area contributed by atoms with Crippen LogP contribution in [0, 0.1) is 5.92 Å². The van der Waals surface area contributed by atoms with Crippen LogP contribution < -0.4 is 5.32 Å². The minimum Gasteiger partial charge on any atom is -0.480 e. The lowest BCUT2D eigenvalue weighted by atomic mass is 9.96. The normalized spacial score (nSPS) is 23.6. The summed E-state index contributed by atoms with van der Waals surface area (Å²) >= 11 is 0. The van der Waals surface area contributed by atoms with E-state index in [0.717, 1.165) is 0 Å². The average Bonchev–Trinajstić information content (AvgIpc) is 2.78. The van der Waals surface area contributed by atoms with E-state index in [1.165, 1.54) is 18.9 Å². The van der Waals surface area contributed by atoms with Gasteiger partial charge < -0.3 is 20.1 Å². The number of ether oxygens (including phenoxy) is 1. The zero-order valence-electron chi connectivity index (χ0n) is 12.3. The highest BCUT2D eigenvalue weighted by molar-refractivity contribution is 5.91. The molecule has 0 aromatic carbocycles. The van der Waals surface area contributed by atoms with Gasteiger partial charge in [-0.05, 0) is 25.7 Å². The van der Waals surface area contributed by atoms with Crippen LogP contribution in [0.1, 0.15) is 33.6 Å². The van der Waals surface area contributed by atoms with Crippen molar-refractivity contribution < 1.29 is 24.2 Å². The number of carboxylic acids is 1. The largest absolute Gasteiger partial charge is 0.480 e. The van der Waals surface area contributed by atoms with Crippen LogP contribution in [0.2, 0.25) is 0 Å². The van der Waals surface area contributed by atoms with Crippen LogP contribution >= 0.6 is 0 Å². The quantitative estimate of drug-likeness (QED) is 0.798. The van der Waals surface area contributed by atoms with Crippen molar-refractivity contribution in [3.63, 3.8) is 0 Å². The summed E-state index contributed by atoms with van der Waals surface area (Å²) in [5, 5.41) is 11.8. The fraction of sp³-hybridized carbons (Fsp3) is 0.769. The Labute approximate surface area is 118 Å². The average molecular weight is 286 g/mol. The Bertz CT molecular complexity index is 410. The van der Waals surface area contributed by atoms with Gasteiger partial charge in [-0.15, -0.1) is 0 Å². The van der Waals surface area contributed by atoms with Gasteiger partial charge in [0.15, 0.2) is 0 Å². The number of likely N-dealkylation sites (tertiary alicyclic amines) is 1. The van der Waals surface area contributed by atoms with Crippen LogP contribution in [0.25, 0.3) is 0 Å². The minimum absolute atomic E-state index is 0.166. The Kier molecular flexibility index (Phi) is 4.97. The highest BCUT2D eigenvalue weighted by Gasteiger charge is 2.48. The molecule has 2 atom stereocenters. The molecule has 0 spiro atoms. The molecule has 0 radical (unpaired) electrons. The molecule has 0 unspecified atom stereocenters. The maximum atomic E-state index is 12.6. The number of rotatable bonds is 4. The Hall–Kier alpha value is -1.79. The van der Waals surface area contributed by atoms with Crippen molar-refractivity contribution in [3.05, 3.63) is 0 Å². The monoisotopic (exact) mass is 286 g/mol. The molecular formula is C13H22N2O5. The molecule has 0 aliphatic carbocycles. The Morgan fingerprint density at radius 2 is 1.95 bits per heavy atom. The second kappa shape index (κ2) is 6.11. The van der Waals surface area contributed by atoms with Gasteiger partial charge in [-0.25, -0.2) is 9.59 Å². The number of carboxylic acid groups (broad SMARTS) is 1. The van der Waals surface area contributed by atoms with Crippen molar-refractivity contribution in [2.75, 3.05) is 13.7 Å². The van der Waals surface area contributed by atoms with Crippen molar-refractivity contribution in [3.8, 4) is 0 Å². The summed E-state index contributed by atoms with van der Waals surface area (Å²) in [6, 6.07) is -0.792. The lowest BCUT2D eigenvalue weighted by Gasteiger charge is -2.35. The number of methoxy groups -OCH3 is 1. The first-order valence-electron chi connectivity index (χ1n) is 6.63. The van der Waals surface area contributed by atoms with Crippen molar-refractivity contribution in [1.29, 1.82) is 0 Å². The molecule has 0 aromatic rings. The van der Waals surface area contributed by atoms with Gasteiger partial charge in [0.05, 0.1) is 7.11 Å². The molecule has 2 amide bonds. The number of aliphatic carboxylic acids is 1. The summed E-state index contributed by atoms with van der Waals surface area (Å²) in [6.07, 6.45) is 0.350. The van der Waals surface area contributed by atoms with Crippen LogP contribution in [-0.2, 0) is 14.3 Å². The first-order valence-corrected chi connectivity index (χ1v) is 6.63. The fourth-order valence-corrected chi connectivity index (χ4v) is 2.41. The predicted octanol–water partition coefficient (Wildman–Crippen LogP) is 0.833. The number of nitrogens with one attached hydrogen (secondary N) is 1.